The lowest BCUT2D eigenvalue weighted by molar-refractivity contribution is -0.385. The second kappa shape index (κ2) is 5.16. The second-order valence-corrected chi connectivity index (χ2v) is 4.21. The van der Waals surface area contributed by atoms with Crippen LogP contribution in [0.25, 0.3) is 0 Å². The van der Waals surface area contributed by atoms with Crippen LogP contribution < -0.4 is 5.73 Å². The zero-order chi connectivity index (χ0) is 13.1. The van der Waals surface area contributed by atoms with Gasteiger partial charge in [0.1, 0.15) is 0 Å². The first-order valence-electron chi connectivity index (χ1n) is 5.23. The van der Waals surface area contributed by atoms with Crippen molar-refractivity contribution in [2.24, 2.45) is 5.73 Å². The fourth-order valence-electron chi connectivity index (χ4n) is 1.64. The molecule has 2 N–H and O–H groups in total. The maximum atomic E-state index is 10.9. The van der Waals surface area contributed by atoms with Crippen molar-refractivity contribution in [3.63, 3.8) is 0 Å². The van der Waals surface area contributed by atoms with Gasteiger partial charge in [-0.1, -0.05) is 11.6 Å². The molecule has 7 heteroatoms. The summed E-state index contributed by atoms with van der Waals surface area (Å²) in [7, 11) is 0. The molecule has 0 aliphatic heterocycles. The van der Waals surface area contributed by atoms with Gasteiger partial charge >= 0.3 is 0 Å². The molecular weight excluding hydrogens is 256 g/mol. The third-order valence-electron chi connectivity index (χ3n) is 2.49. The van der Waals surface area contributed by atoms with Crippen molar-refractivity contribution in [2.75, 3.05) is 0 Å². The maximum absolute atomic E-state index is 10.9. The number of rotatable bonds is 4. The van der Waals surface area contributed by atoms with E-state index in [0.717, 1.165) is 5.69 Å². The monoisotopic (exact) mass is 266 g/mol. The maximum Gasteiger partial charge on any atom is 0.275 e. The summed E-state index contributed by atoms with van der Waals surface area (Å²) in [5, 5.41) is 11.3. The molecule has 1 heterocycles. The van der Waals surface area contributed by atoms with Crippen LogP contribution >= 0.6 is 11.6 Å². The molecule has 0 bridgehead atoms. The minimum atomic E-state index is -0.442. The molecule has 0 unspecified atom stereocenters. The molecule has 0 saturated heterocycles. The number of aromatic nitrogens is 2. The van der Waals surface area contributed by atoms with E-state index < -0.39 is 4.92 Å². The molecule has 0 aliphatic carbocycles. The highest BCUT2D eigenvalue weighted by molar-refractivity contribution is 6.30. The summed E-state index contributed by atoms with van der Waals surface area (Å²) in [4.78, 5) is 14.6. The minimum absolute atomic E-state index is 0.00509. The highest BCUT2D eigenvalue weighted by Gasteiger charge is 2.14. The molecule has 0 spiro atoms. The number of halogens is 1. The van der Waals surface area contributed by atoms with Crippen molar-refractivity contribution in [1.29, 1.82) is 0 Å². The van der Waals surface area contributed by atoms with E-state index in [1.807, 2.05) is 0 Å². The van der Waals surface area contributed by atoms with E-state index in [0.29, 0.717) is 23.7 Å². The number of hydrogen-bond donors (Lipinski definition) is 1. The molecule has 0 aliphatic rings. The van der Waals surface area contributed by atoms with Crippen LogP contribution in [0.4, 0.5) is 5.69 Å². The Morgan fingerprint density at radius 1 is 1.50 bits per heavy atom. The Labute approximate surface area is 108 Å². The Kier molecular flexibility index (Phi) is 3.59. The van der Waals surface area contributed by atoms with Crippen LogP contribution in [-0.2, 0) is 13.1 Å². The molecule has 18 heavy (non-hydrogen) atoms. The SMILES string of the molecule is NCc1cn(Cc2ccc(Cl)cc2[N+](=O)[O-])cn1. The predicted octanol–water partition coefficient (Wildman–Crippen LogP) is 1.95. The van der Waals surface area contributed by atoms with E-state index >= 15 is 0 Å². The van der Waals surface area contributed by atoms with Gasteiger partial charge in [0.05, 0.1) is 23.5 Å². The third kappa shape index (κ3) is 2.66. The van der Waals surface area contributed by atoms with E-state index in [1.54, 1.807) is 29.2 Å². The van der Waals surface area contributed by atoms with E-state index in [2.05, 4.69) is 4.98 Å². The summed E-state index contributed by atoms with van der Waals surface area (Å²) in [6.45, 7) is 0.705. The van der Waals surface area contributed by atoms with Crippen LogP contribution in [0, 0.1) is 10.1 Å². The molecule has 1 aromatic heterocycles. The Bertz CT molecular complexity index is 582. The van der Waals surface area contributed by atoms with Gasteiger partial charge in [0.2, 0.25) is 0 Å². The summed E-state index contributed by atoms with van der Waals surface area (Å²) in [5.74, 6) is 0. The Morgan fingerprint density at radius 3 is 2.89 bits per heavy atom. The Balaban J connectivity index is 2.30. The summed E-state index contributed by atoms with van der Waals surface area (Å²) < 4.78 is 1.75. The number of nitro benzene ring substituents is 1. The largest absolute Gasteiger partial charge is 0.332 e. The first kappa shape index (κ1) is 12.5. The van der Waals surface area contributed by atoms with Gasteiger partial charge < -0.3 is 10.3 Å². The fourth-order valence-corrected chi connectivity index (χ4v) is 1.80. The smallest absolute Gasteiger partial charge is 0.275 e. The quantitative estimate of drug-likeness (QED) is 0.677. The molecule has 1 aromatic carbocycles. The average molecular weight is 267 g/mol. The van der Waals surface area contributed by atoms with Gasteiger partial charge in [0, 0.05) is 29.4 Å². The molecule has 0 saturated carbocycles. The van der Waals surface area contributed by atoms with E-state index in [-0.39, 0.29) is 5.69 Å². The van der Waals surface area contributed by atoms with Crippen LogP contribution in [0.15, 0.2) is 30.7 Å². The topological polar surface area (TPSA) is 87.0 Å². The lowest BCUT2D eigenvalue weighted by atomic mass is 10.2. The zero-order valence-corrected chi connectivity index (χ0v) is 10.2. The van der Waals surface area contributed by atoms with Gasteiger partial charge in [0.15, 0.2) is 0 Å². The number of hydrogen-bond acceptors (Lipinski definition) is 4. The van der Waals surface area contributed by atoms with Crippen LogP contribution in [0.5, 0.6) is 0 Å². The van der Waals surface area contributed by atoms with Crippen LogP contribution in [-0.4, -0.2) is 14.5 Å². The Hall–Kier alpha value is -1.92. The van der Waals surface area contributed by atoms with Crippen molar-refractivity contribution >= 4 is 17.3 Å². The molecule has 0 radical (unpaired) electrons. The first-order valence-corrected chi connectivity index (χ1v) is 5.61. The van der Waals surface area contributed by atoms with E-state index in [4.69, 9.17) is 17.3 Å². The summed E-state index contributed by atoms with van der Waals surface area (Å²) in [6, 6.07) is 4.62. The van der Waals surface area contributed by atoms with Gasteiger partial charge in [-0.2, -0.15) is 0 Å². The fraction of sp³-hybridized carbons (Fsp3) is 0.182. The first-order chi connectivity index (χ1) is 8.60. The number of nitrogens with two attached hydrogens (primary N) is 1. The molecule has 6 nitrogen and oxygen atoms in total. The standard InChI is InChI=1S/C11H11ClN4O2/c12-9-2-1-8(11(3-9)16(17)18)5-15-6-10(4-13)14-7-15/h1-3,6-7H,4-5,13H2. The number of imidazole rings is 1. The van der Waals surface area contributed by atoms with Crippen molar-refractivity contribution < 1.29 is 4.92 Å². The van der Waals surface area contributed by atoms with Crippen molar-refractivity contribution in [1.82, 2.24) is 9.55 Å². The van der Waals surface area contributed by atoms with Crippen molar-refractivity contribution in [3.05, 3.63) is 57.1 Å². The summed E-state index contributed by atoms with van der Waals surface area (Å²) in [6.07, 6.45) is 3.36. The lowest BCUT2D eigenvalue weighted by Gasteiger charge is -2.04. The molecule has 2 aromatic rings. The zero-order valence-electron chi connectivity index (χ0n) is 9.41. The van der Waals surface area contributed by atoms with Gasteiger partial charge in [-0.15, -0.1) is 0 Å². The molecule has 0 atom stereocenters. The van der Waals surface area contributed by atoms with E-state index in [9.17, 15) is 10.1 Å². The molecule has 94 valence electrons. The van der Waals surface area contributed by atoms with Gasteiger partial charge in [0.25, 0.3) is 5.69 Å². The molecule has 2 rings (SSSR count). The third-order valence-corrected chi connectivity index (χ3v) is 2.73. The number of nitro groups is 1. The number of benzene rings is 1. The van der Waals surface area contributed by atoms with Crippen molar-refractivity contribution in [3.8, 4) is 0 Å². The van der Waals surface area contributed by atoms with Gasteiger partial charge in [-0.3, -0.25) is 10.1 Å². The average Bonchev–Trinajstić information content (AvgIpc) is 2.79. The molecule has 0 fully saturated rings. The number of nitrogens with zero attached hydrogens (tertiary/aromatic N) is 3. The van der Waals surface area contributed by atoms with Crippen molar-refractivity contribution in [2.45, 2.75) is 13.1 Å². The highest BCUT2D eigenvalue weighted by Crippen LogP contribution is 2.23. The van der Waals surface area contributed by atoms with E-state index in [1.165, 1.54) is 6.07 Å². The molecule has 0 amide bonds. The van der Waals surface area contributed by atoms with Gasteiger partial charge in [-0.25, -0.2) is 4.98 Å². The lowest BCUT2D eigenvalue weighted by Crippen LogP contribution is -2.01. The van der Waals surface area contributed by atoms with Crippen LogP contribution in [0.3, 0.4) is 0 Å². The highest BCUT2D eigenvalue weighted by atomic mass is 35.5. The summed E-state index contributed by atoms with van der Waals surface area (Å²) in [5.41, 5.74) is 6.77. The normalized spacial score (nSPS) is 10.6. The molecular formula is C11H11ClN4O2. The summed E-state index contributed by atoms with van der Waals surface area (Å²) >= 11 is 5.75. The predicted molar refractivity (Wildman–Crippen MR) is 67.3 cm³/mol. The van der Waals surface area contributed by atoms with Crippen LogP contribution in [0.2, 0.25) is 5.02 Å². The second-order valence-electron chi connectivity index (χ2n) is 3.77. The Morgan fingerprint density at radius 2 is 2.28 bits per heavy atom. The van der Waals surface area contributed by atoms with Gasteiger partial charge in [-0.05, 0) is 12.1 Å². The van der Waals surface area contributed by atoms with Crippen LogP contribution in [0.1, 0.15) is 11.3 Å². The minimum Gasteiger partial charge on any atom is -0.332 e.